The van der Waals surface area contributed by atoms with Gasteiger partial charge in [0.15, 0.2) is 0 Å². The van der Waals surface area contributed by atoms with Crippen LogP contribution in [0.25, 0.3) is 0 Å². The molecule has 0 rings (SSSR count). The first-order valence-electron chi connectivity index (χ1n) is 4.65. The summed E-state index contributed by atoms with van der Waals surface area (Å²) in [7, 11) is 1.35. The molecule has 0 aliphatic rings. The quantitative estimate of drug-likeness (QED) is 0.445. The maximum atomic E-state index is 10.8. The van der Waals surface area contributed by atoms with Crippen LogP contribution in [0.15, 0.2) is 0 Å². The number of ether oxygens (including phenoxy) is 1. The lowest BCUT2D eigenvalue weighted by molar-refractivity contribution is -0.140. The van der Waals surface area contributed by atoms with Crippen molar-refractivity contribution in [3.05, 3.63) is 0 Å². The van der Waals surface area contributed by atoms with Gasteiger partial charge in [0.25, 0.3) is 0 Å². The summed E-state index contributed by atoms with van der Waals surface area (Å²) < 4.78 is 4.46. The Kier molecular flexibility index (Phi) is 7.83. The lowest BCUT2D eigenvalue weighted by Crippen LogP contribution is -2.25. The number of hydrogen-bond donors (Lipinski definition) is 2. The van der Waals surface area contributed by atoms with E-state index in [2.05, 4.69) is 10.1 Å². The summed E-state index contributed by atoms with van der Waals surface area (Å²) in [4.78, 5) is 21.5. The number of amides is 1. The summed E-state index contributed by atoms with van der Waals surface area (Å²) in [5.74, 6) is -0.391. The molecule has 2 N–H and O–H groups in total. The number of rotatable bonds is 7. The Balaban J connectivity index is 3.21. The van der Waals surface area contributed by atoms with Gasteiger partial charge in [0.1, 0.15) is 0 Å². The van der Waals surface area contributed by atoms with Gasteiger partial charge in [0, 0.05) is 19.4 Å². The largest absolute Gasteiger partial charge is 0.469 e. The molecule has 5 heteroatoms. The van der Waals surface area contributed by atoms with Crippen molar-refractivity contribution in [2.24, 2.45) is 0 Å². The van der Waals surface area contributed by atoms with E-state index in [1.807, 2.05) is 0 Å². The van der Waals surface area contributed by atoms with Crippen LogP contribution in [0.3, 0.4) is 0 Å². The van der Waals surface area contributed by atoms with E-state index in [9.17, 15) is 9.59 Å². The highest BCUT2D eigenvalue weighted by Crippen LogP contribution is 1.95. The maximum absolute atomic E-state index is 10.8. The number of aliphatic hydroxyl groups is 1. The van der Waals surface area contributed by atoms with Crippen molar-refractivity contribution in [3.63, 3.8) is 0 Å². The highest BCUT2D eigenvalue weighted by Gasteiger charge is 2.01. The van der Waals surface area contributed by atoms with Gasteiger partial charge in [-0.3, -0.25) is 9.59 Å². The first-order valence-corrected chi connectivity index (χ1v) is 4.65. The van der Waals surface area contributed by atoms with Crippen LogP contribution in [0.5, 0.6) is 0 Å². The Bertz CT molecular complexity index is 182. The van der Waals surface area contributed by atoms with Crippen LogP contribution in [0.1, 0.15) is 25.7 Å². The predicted octanol–water partition coefficient (Wildman–Crippen LogP) is -0.172. The standard InChI is InChI=1S/C9H17NO4/c1-14-9(13)4-2-3-6-10-8(12)5-7-11/h11H,2-7H2,1H3,(H,10,12). The van der Waals surface area contributed by atoms with E-state index in [1.54, 1.807) is 0 Å². The van der Waals surface area contributed by atoms with Crippen LogP contribution in [-0.4, -0.2) is 37.2 Å². The maximum Gasteiger partial charge on any atom is 0.305 e. The van der Waals surface area contributed by atoms with Crippen molar-refractivity contribution in [1.29, 1.82) is 0 Å². The van der Waals surface area contributed by atoms with Crippen LogP contribution in [0, 0.1) is 0 Å². The van der Waals surface area contributed by atoms with Crippen molar-refractivity contribution in [1.82, 2.24) is 5.32 Å². The number of unbranched alkanes of at least 4 members (excludes halogenated alkanes) is 1. The van der Waals surface area contributed by atoms with E-state index in [0.717, 1.165) is 6.42 Å². The zero-order valence-corrected chi connectivity index (χ0v) is 8.41. The average molecular weight is 203 g/mol. The second kappa shape index (κ2) is 8.50. The molecule has 0 heterocycles. The van der Waals surface area contributed by atoms with Gasteiger partial charge in [-0.25, -0.2) is 0 Å². The topological polar surface area (TPSA) is 75.6 Å². The molecule has 1 amide bonds. The lowest BCUT2D eigenvalue weighted by atomic mass is 10.2. The summed E-state index contributed by atoms with van der Waals surface area (Å²) in [5, 5.41) is 11.0. The monoisotopic (exact) mass is 203 g/mol. The van der Waals surface area contributed by atoms with Crippen molar-refractivity contribution < 1.29 is 19.4 Å². The molecule has 0 atom stereocenters. The third kappa shape index (κ3) is 7.54. The minimum atomic E-state index is -0.230. The molecule has 0 radical (unpaired) electrons. The molecule has 0 aromatic rings. The van der Waals surface area contributed by atoms with Crippen LogP contribution in [0.2, 0.25) is 0 Å². The third-order valence-electron chi connectivity index (χ3n) is 1.70. The fraction of sp³-hybridized carbons (Fsp3) is 0.778. The van der Waals surface area contributed by atoms with Gasteiger partial charge in [0.05, 0.1) is 13.7 Å². The van der Waals surface area contributed by atoms with E-state index >= 15 is 0 Å². The van der Waals surface area contributed by atoms with Gasteiger partial charge < -0.3 is 15.2 Å². The molecule has 0 aliphatic heterocycles. The minimum Gasteiger partial charge on any atom is -0.469 e. The van der Waals surface area contributed by atoms with Crippen LogP contribution in [-0.2, 0) is 14.3 Å². The summed E-state index contributed by atoms with van der Waals surface area (Å²) in [6, 6.07) is 0. The lowest BCUT2D eigenvalue weighted by Gasteiger charge is -2.03. The molecule has 14 heavy (non-hydrogen) atoms. The fourth-order valence-corrected chi connectivity index (χ4v) is 0.914. The molecule has 0 aliphatic carbocycles. The Morgan fingerprint density at radius 1 is 1.29 bits per heavy atom. The molecule has 0 saturated carbocycles. The highest BCUT2D eigenvalue weighted by atomic mass is 16.5. The second-order valence-electron chi connectivity index (χ2n) is 2.86. The number of aliphatic hydroxyl groups excluding tert-OH is 1. The van der Waals surface area contributed by atoms with Crippen molar-refractivity contribution in [2.75, 3.05) is 20.3 Å². The number of carbonyl (C=O) groups excluding carboxylic acids is 2. The summed E-state index contributed by atoms with van der Waals surface area (Å²) in [6.07, 6.45) is 1.96. The number of hydrogen-bond acceptors (Lipinski definition) is 4. The molecule has 0 fully saturated rings. The summed E-state index contributed by atoms with van der Waals surface area (Å²) in [5.41, 5.74) is 0. The molecule has 0 bridgehead atoms. The van der Waals surface area contributed by atoms with Gasteiger partial charge in [-0.15, -0.1) is 0 Å². The van der Waals surface area contributed by atoms with Crippen LogP contribution >= 0.6 is 0 Å². The van der Waals surface area contributed by atoms with Gasteiger partial charge in [-0.05, 0) is 12.8 Å². The third-order valence-corrected chi connectivity index (χ3v) is 1.70. The van der Waals surface area contributed by atoms with E-state index in [0.29, 0.717) is 19.4 Å². The van der Waals surface area contributed by atoms with Crippen LogP contribution < -0.4 is 5.32 Å². The molecule has 0 saturated heterocycles. The minimum absolute atomic E-state index is 0.131. The zero-order valence-electron chi connectivity index (χ0n) is 8.41. The van der Waals surface area contributed by atoms with E-state index in [4.69, 9.17) is 5.11 Å². The molecule has 0 unspecified atom stereocenters. The molecule has 0 aromatic carbocycles. The van der Waals surface area contributed by atoms with Crippen molar-refractivity contribution in [2.45, 2.75) is 25.7 Å². The van der Waals surface area contributed by atoms with Crippen LogP contribution in [0.4, 0.5) is 0 Å². The van der Waals surface area contributed by atoms with Gasteiger partial charge in [-0.2, -0.15) is 0 Å². The van der Waals surface area contributed by atoms with E-state index < -0.39 is 0 Å². The Morgan fingerprint density at radius 3 is 2.57 bits per heavy atom. The SMILES string of the molecule is COC(=O)CCCCNC(=O)CCO. The summed E-state index contributed by atoms with van der Waals surface area (Å²) in [6.45, 7) is 0.407. The zero-order chi connectivity index (χ0) is 10.8. The Hall–Kier alpha value is -1.10. The fourth-order valence-electron chi connectivity index (χ4n) is 0.914. The van der Waals surface area contributed by atoms with Gasteiger partial charge in [0.2, 0.25) is 5.91 Å². The average Bonchev–Trinajstić information content (AvgIpc) is 2.17. The predicted molar refractivity (Wildman–Crippen MR) is 50.6 cm³/mol. The normalized spacial score (nSPS) is 9.57. The highest BCUT2D eigenvalue weighted by molar-refractivity contribution is 5.75. The van der Waals surface area contributed by atoms with E-state index in [1.165, 1.54) is 7.11 Å². The molecule has 5 nitrogen and oxygen atoms in total. The molecular weight excluding hydrogens is 186 g/mol. The number of methoxy groups -OCH3 is 1. The summed E-state index contributed by atoms with van der Waals surface area (Å²) >= 11 is 0. The molecule has 82 valence electrons. The molecule has 0 aromatic heterocycles. The van der Waals surface area contributed by atoms with Gasteiger partial charge in [-0.1, -0.05) is 0 Å². The number of nitrogens with one attached hydrogen (secondary N) is 1. The van der Waals surface area contributed by atoms with Crippen molar-refractivity contribution in [3.8, 4) is 0 Å². The smallest absolute Gasteiger partial charge is 0.305 e. The second-order valence-corrected chi connectivity index (χ2v) is 2.86. The van der Waals surface area contributed by atoms with E-state index in [-0.39, 0.29) is 24.9 Å². The molecule has 0 spiro atoms. The number of esters is 1. The first-order chi connectivity index (χ1) is 6.70. The Labute approximate surface area is 83.4 Å². The first kappa shape index (κ1) is 12.9. The van der Waals surface area contributed by atoms with Crippen molar-refractivity contribution >= 4 is 11.9 Å². The Morgan fingerprint density at radius 2 is 2.00 bits per heavy atom. The molecular formula is C9H17NO4. The van der Waals surface area contributed by atoms with Gasteiger partial charge >= 0.3 is 5.97 Å². The number of carbonyl (C=O) groups is 2.